The minimum atomic E-state index is -0.219. The van der Waals surface area contributed by atoms with Gasteiger partial charge in [0, 0.05) is 12.0 Å². The van der Waals surface area contributed by atoms with Crippen molar-refractivity contribution in [2.75, 3.05) is 6.54 Å². The third-order valence-corrected chi connectivity index (χ3v) is 5.01. The van der Waals surface area contributed by atoms with Gasteiger partial charge in [0.05, 0.1) is 6.10 Å². The van der Waals surface area contributed by atoms with E-state index in [2.05, 4.69) is 34.6 Å². The van der Waals surface area contributed by atoms with E-state index in [0.29, 0.717) is 17.9 Å². The molecule has 1 aliphatic rings. The molecular formula is C16H33NO. The zero-order valence-electron chi connectivity index (χ0n) is 13.0. The molecule has 108 valence electrons. The summed E-state index contributed by atoms with van der Waals surface area (Å²) in [6.45, 7) is 12.0. The highest BCUT2D eigenvalue weighted by molar-refractivity contribution is 4.94. The maximum Gasteiger partial charge on any atom is 0.0610 e. The van der Waals surface area contributed by atoms with Crippen molar-refractivity contribution in [2.45, 2.75) is 72.8 Å². The first kappa shape index (κ1) is 16.0. The van der Waals surface area contributed by atoms with Crippen LogP contribution in [0.25, 0.3) is 0 Å². The van der Waals surface area contributed by atoms with Crippen LogP contribution in [0, 0.1) is 22.7 Å². The third kappa shape index (κ3) is 3.71. The summed E-state index contributed by atoms with van der Waals surface area (Å²) in [5, 5.41) is 10.5. The number of nitrogens with two attached hydrogens (primary N) is 1. The Kier molecular flexibility index (Phi) is 5.25. The number of aliphatic hydroxyl groups is 1. The first-order valence-electron chi connectivity index (χ1n) is 7.59. The molecule has 1 saturated carbocycles. The lowest BCUT2D eigenvalue weighted by atomic mass is 9.61. The van der Waals surface area contributed by atoms with Crippen LogP contribution >= 0.6 is 0 Å². The lowest BCUT2D eigenvalue weighted by Crippen LogP contribution is -2.46. The van der Waals surface area contributed by atoms with Crippen LogP contribution in [0.5, 0.6) is 0 Å². The molecule has 1 unspecified atom stereocenters. The number of aliphatic hydroxyl groups excluding tert-OH is 1. The van der Waals surface area contributed by atoms with Gasteiger partial charge in [-0.25, -0.2) is 0 Å². The predicted octanol–water partition coefficient (Wildman–Crippen LogP) is 3.57. The van der Waals surface area contributed by atoms with Gasteiger partial charge < -0.3 is 10.8 Å². The summed E-state index contributed by atoms with van der Waals surface area (Å²) in [5.41, 5.74) is 6.39. The van der Waals surface area contributed by atoms with Gasteiger partial charge in [0.15, 0.2) is 0 Å². The van der Waals surface area contributed by atoms with Gasteiger partial charge in [0.2, 0.25) is 0 Å². The standard InChI is InChI=1S/C16H33NO/c1-12(2)10-14(18)16(11-17)8-6-13(7-9-16)15(3,4)5/h12-14,18H,6-11,17H2,1-5H3. The van der Waals surface area contributed by atoms with E-state index in [1.165, 1.54) is 12.8 Å². The second kappa shape index (κ2) is 5.92. The van der Waals surface area contributed by atoms with Crippen LogP contribution in [0.4, 0.5) is 0 Å². The Labute approximate surface area is 113 Å². The van der Waals surface area contributed by atoms with Crippen molar-refractivity contribution >= 4 is 0 Å². The first-order chi connectivity index (χ1) is 8.21. The maximum absolute atomic E-state index is 10.5. The Balaban J connectivity index is 2.65. The molecule has 0 bridgehead atoms. The zero-order chi connectivity index (χ0) is 14.0. The molecule has 1 atom stereocenters. The van der Waals surface area contributed by atoms with E-state index in [1.54, 1.807) is 0 Å². The molecule has 0 aromatic carbocycles. The van der Waals surface area contributed by atoms with E-state index in [-0.39, 0.29) is 11.5 Å². The Morgan fingerprint density at radius 2 is 1.72 bits per heavy atom. The van der Waals surface area contributed by atoms with Crippen molar-refractivity contribution in [1.29, 1.82) is 0 Å². The second-order valence-electron chi connectivity index (χ2n) is 7.85. The Morgan fingerprint density at radius 1 is 1.22 bits per heavy atom. The summed E-state index contributed by atoms with van der Waals surface area (Å²) >= 11 is 0. The van der Waals surface area contributed by atoms with Crippen molar-refractivity contribution in [3.63, 3.8) is 0 Å². The highest BCUT2D eigenvalue weighted by atomic mass is 16.3. The quantitative estimate of drug-likeness (QED) is 0.806. The Hall–Kier alpha value is -0.0800. The molecule has 1 fully saturated rings. The van der Waals surface area contributed by atoms with Gasteiger partial charge in [-0.3, -0.25) is 0 Å². The molecule has 2 heteroatoms. The van der Waals surface area contributed by atoms with E-state index in [9.17, 15) is 5.11 Å². The van der Waals surface area contributed by atoms with Crippen molar-refractivity contribution in [3.8, 4) is 0 Å². The average molecular weight is 255 g/mol. The van der Waals surface area contributed by atoms with Gasteiger partial charge in [0.25, 0.3) is 0 Å². The van der Waals surface area contributed by atoms with E-state index in [4.69, 9.17) is 5.73 Å². The summed E-state index contributed by atoms with van der Waals surface area (Å²) in [6.07, 6.45) is 5.30. The molecule has 1 aliphatic carbocycles. The SMILES string of the molecule is CC(C)CC(O)C1(CN)CCC(C(C)(C)C)CC1. The highest BCUT2D eigenvalue weighted by Gasteiger charge is 2.42. The maximum atomic E-state index is 10.5. The van der Waals surface area contributed by atoms with Crippen LogP contribution in [0.1, 0.15) is 66.7 Å². The summed E-state index contributed by atoms with van der Waals surface area (Å²) in [5.74, 6) is 1.33. The molecule has 1 rings (SSSR count). The molecule has 0 saturated heterocycles. The first-order valence-corrected chi connectivity index (χ1v) is 7.59. The Morgan fingerprint density at radius 3 is 2.06 bits per heavy atom. The van der Waals surface area contributed by atoms with Crippen molar-refractivity contribution in [3.05, 3.63) is 0 Å². The van der Waals surface area contributed by atoms with Crippen LogP contribution in [0.15, 0.2) is 0 Å². The lowest BCUT2D eigenvalue weighted by molar-refractivity contribution is -0.0314. The van der Waals surface area contributed by atoms with Crippen molar-refractivity contribution in [2.24, 2.45) is 28.4 Å². The molecule has 3 N–H and O–H groups in total. The molecule has 2 nitrogen and oxygen atoms in total. The monoisotopic (exact) mass is 255 g/mol. The summed E-state index contributed by atoms with van der Waals surface area (Å²) in [4.78, 5) is 0. The third-order valence-electron chi connectivity index (χ3n) is 5.01. The molecule has 0 amide bonds. The average Bonchev–Trinajstić information content (AvgIpc) is 2.27. The summed E-state index contributed by atoms with van der Waals surface area (Å²) in [7, 11) is 0. The van der Waals surface area contributed by atoms with Crippen LogP contribution in [0.2, 0.25) is 0 Å². The van der Waals surface area contributed by atoms with Gasteiger partial charge >= 0.3 is 0 Å². The van der Waals surface area contributed by atoms with Crippen molar-refractivity contribution < 1.29 is 5.11 Å². The fourth-order valence-corrected chi connectivity index (χ4v) is 3.43. The topological polar surface area (TPSA) is 46.2 Å². The normalized spacial score (nSPS) is 31.7. The Bertz CT molecular complexity index is 246. The predicted molar refractivity (Wildman–Crippen MR) is 78.4 cm³/mol. The smallest absolute Gasteiger partial charge is 0.0610 e. The fourth-order valence-electron chi connectivity index (χ4n) is 3.43. The van der Waals surface area contributed by atoms with Gasteiger partial charge in [0.1, 0.15) is 0 Å². The number of hydrogen-bond acceptors (Lipinski definition) is 2. The second-order valence-corrected chi connectivity index (χ2v) is 7.85. The van der Waals surface area contributed by atoms with Crippen LogP contribution < -0.4 is 5.73 Å². The molecule has 0 spiro atoms. The highest BCUT2D eigenvalue weighted by Crippen LogP contribution is 2.47. The molecule has 0 aliphatic heterocycles. The molecule has 0 aromatic rings. The van der Waals surface area contributed by atoms with E-state index in [1.807, 2.05) is 0 Å². The van der Waals surface area contributed by atoms with E-state index in [0.717, 1.165) is 25.2 Å². The van der Waals surface area contributed by atoms with Crippen LogP contribution in [-0.2, 0) is 0 Å². The molecule has 18 heavy (non-hydrogen) atoms. The fraction of sp³-hybridized carbons (Fsp3) is 1.00. The van der Waals surface area contributed by atoms with Gasteiger partial charge in [-0.15, -0.1) is 0 Å². The van der Waals surface area contributed by atoms with E-state index >= 15 is 0 Å². The molecule has 0 heterocycles. The van der Waals surface area contributed by atoms with Gasteiger partial charge in [-0.2, -0.15) is 0 Å². The van der Waals surface area contributed by atoms with Gasteiger partial charge in [-0.1, -0.05) is 34.6 Å². The largest absolute Gasteiger partial charge is 0.392 e. The number of rotatable bonds is 4. The minimum Gasteiger partial charge on any atom is -0.392 e. The van der Waals surface area contributed by atoms with Gasteiger partial charge in [-0.05, 0) is 49.4 Å². The van der Waals surface area contributed by atoms with Crippen LogP contribution in [0.3, 0.4) is 0 Å². The van der Waals surface area contributed by atoms with Crippen molar-refractivity contribution in [1.82, 2.24) is 0 Å². The zero-order valence-corrected chi connectivity index (χ0v) is 13.0. The summed E-state index contributed by atoms with van der Waals surface area (Å²) in [6, 6.07) is 0. The summed E-state index contributed by atoms with van der Waals surface area (Å²) < 4.78 is 0. The van der Waals surface area contributed by atoms with E-state index < -0.39 is 0 Å². The lowest BCUT2D eigenvalue weighted by Gasteiger charge is -2.46. The minimum absolute atomic E-state index is 0.00792. The molecular weight excluding hydrogens is 222 g/mol. The van der Waals surface area contributed by atoms with Crippen LogP contribution in [-0.4, -0.2) is 17.8 Å². The molecule has 0 radical (unpaired) electrons. The molecule has 0 aromatic heterocycles. The number of hydrogen-bond donors (Lipinski definition) is 2.